The lowest BCUT2D eigenvalue weighted by Crippen LogP contribution is -2.21. The molecular formula is C14H16ClFN2. The molecular weight excluding hydrogens is 251 g/mol. The Labute approximate surface area is 111 Å². The molecule has 4 heteroatoms. The van der Waals surface area contributed by atoms with E-state index in [2.05, 4.69) is 5.43 Å². The highest BCUT2D eigenvalue weighted by Gasteiger charge is 2.10. The van der Waals surface area contributed by atoms with Gasteiger partial charge in [0.2, 0.25) is 0 Å². The Morgan fingerprint density at radius 2 is 1.78 bits per heavy atom. The highest BCUT2D eigenvalue weighted by atomic mass is 35.5. The third kappa shape index (κ3) is 2.51. The minimum atomic E-state index is -0.385. The second-order valence-electron chi connectivity index (χ2n) is 4.48. The number of nitrogens with zero attached hydrogens (tertiary/aromatic N) is 1. The van der Waals surface area contributed by atoms with Gasteiger partial charge in [0.15, 0.2) is 0 Å². The van der Waals surface area contributed by atoms with Crippen LogP contribution in [0.3, 0.4) is 0 Å². The van der Waals surface area contributed by atoms with Crippen LogP contribution in [0, 0.1) is 19.7 Å². The van der Waals surface area contributed by atoms with Crippen LogP contribution in [0.4, 0.5) is 4.39 Å². The zero-order chi connectivity index (χ0) is 13.3. The average molecular weight is 267 g/mol. The third-order valence-corrected chi connectivity index (χ3v) is 3.34. The molecule has 0 bridgehead atoms. The fraction of sp³-hybridized carbons (Fsp3) is 0.286. The summed E-state index contributed by atoms with van der Waals surface area (Å²) < 4.78 is 15.4. The van der Waals surface area contributed by atoms with Crippen molar-refractivity contribution in [1.82, 2.24) is 4.68 Å². The highest BCUT2D eigenvalue weighted by Crippen LogP contribution is 2.21. The number of hydrogen-bond donors (Lipinski definition) is 1. The van der Waals surface area contributed by atoms with Gasteiger partial charge in [-0.15, -0.1) is 0 Å². The SMILES string of the molecule is Cc1ccc(C)n1NC(C)c1ccc(Cl)c(F)c1. The summed E-state index contributed by atoms with van der Waals surface area (Å²) in [5.74, 6) is -0.385. The Morgan fingerprint density at radius 1 is 1.17 bits per heavy atom. The molecule has 2 nitrogen and oxygen atoms in total. The first-order valence-electron chi connectivity index (χ1n) is 5.85. The summed E-state index contributed by atoms with van der Waals surface area (Å²) in [6, 6.07) is 8.96. The third-order valence-electron chi connectivity index (χ3n) is 3.04. The Hall–Kier alpha value is -1.48. The van der Waals surface area contributed by atoms with Crippen molar-refractivity contribution in [3.63, 3.8) is 0 Å². The normalized spacial score (nSPS) is 12.5. The summed E-state index contributed by atoms with van der Waals surface area (Å²) in [6.07, 6.45) is 0. The molecule has 2 rings (SSSR count). The summed E-state index contributed by atoms with van der Waals surface area (Å²) in [7, 11) is 0. The Kier molecular flexibility index (Phi) is 3.62. The number of nitrogens with one attached hydrogen (secondary N) is 1. The van der Waals surface area contributed by atoms with E-state index < -0.39 is 0 Å². The molecule has 2 aromatic rings. The van der Waals surface area contributed by atoms with E-state index in [1.54, 1.807) is 6.07 Å². The maximum atomic E-state index is 13.4. The lowest BCUT2D eigenvalue weighted by atomic mass is 10.1. The van der Waals surface area contributed by atoms with Crippen LogP contribution >= 0.6 is 11.6 Å². The Morgan fingerprint density at radius 3 is 2.33 bits per heavy atom. The van der Waals surface area contributed by atoms with Crippen molar-refractivity contribution < 1.29 is 4.39 Å². The van der Waals surface area contributed by atoms with Crippen molar-refractivity contribution in [1.29, 1.82) is 0 Å². The summed E-state index contributed by atoms with van der Waals surface area (Å²) in [5, 5.41) is 0.152. The number of halogens is 2. The monoisotopic (exact) mass is 266 g/mol. The average Bonchev–Trinajstić information content (AvgIpc) is 2.64. The standard InChI is InChI=1S/C14H16ClFN2/c1-9-4-5-10(2)18(9)17-11(3)12-6-7-13(15)14(16)8-12/h4-8,11,17H,1-3H3. The van der Waals surface area contributed by atoms with Crippen molar-refractivity contribution in [2.45, 2.75) is 26.8 Å². The second-order valence-corrected chi connectivity index (χ2v) is 4.88. The van der Waals surface area contributed by atoms with Gasteiger partial charge in [0.1, 0.15) is 5.82 Å². The molecule has 1 atom stereocenters. The van der Waals surface area contributed by atoms with Crippen LogP contribution in [0.25, 0.3) is 0 Å². The predicted octanol–water partition coefficient (Wildman–Crippen LogP) is 4.20. The highest BCUT2D eigenvalue weighted by molar-refractivity contribution is 6.30. The molecule has 0 aliphatic carbocycles. The van der Waals surface area contributed by atoms with Crippen LogP contribution in [-0.4, -0.2) is 4.68 Å². The smallest absolute Gasteiger partial charge is 0.142 e. The van der Waals surface area contributed by atoms with Gasteiger partial charge in [-0.05, 0) is 50.6 Å². The van der Waals surface area contributed by atoms with Gasteiger partial charge in [-0.2, -0.15) is 0 Å². The molecule has 1 aromatic heterocycles. The van der Waals surface area contributed by atoms with Gasteiger partial charge in [0.25, 0.3) is 0 Å². The van der Waals surface area contributed by atoms with Crippen molar-refractivity contribution in [2.75, 3.05) is 5.43 Å². The molecule has 0 aliphatic heterocycles. The molecule has 0 saturated heterocycles. The molecule has 96 valence electrons. The lowest BCUT2D eigenvalue weighted by molar-refractivity contribution is 0.620. The van der Waals surface area contributed by atoms with Crippen LogP contribution in [0.5, 0.6) is 0 Å². The van der Waals surface area contributed by atoms with Crippen LogP contribution in [0.15, 0.2) is 30.3 Å². The molecule has 0 amide bonds. The predicted molar refractivity (Wildman–Crippen MR) is 73.1 cm³/mol. The minimum absolute atomic E-state index is 0.00145. The fourth-order valence-electron chi connectivity index (χ4n) is 1.92. The van der Waals surface area contributed by atoms with Gasteiger partial charge in [0, 0.05) is 11.4 Å². The van der Waals surface area contributed by atoms with E-state index in [0.29, 0.717) is 0 Å². The zero-order valence-corrected chi connectivity index (χ0v) is 11.4. The van der Waals surface area contributed by atoms with Crippen molar-refractivity contribution in [3.05, 3.63) is 58.1 Å². The first kappa shape index (κ1) is 13.0. The first-order valence-corrected chi connectivity index (χ1v) is 6.23. The summed E-state index contributed by atoms with van der Waals surface area (Å²) in [6.45, 7) is 6.03. The fourth-order valence-corrected chi connectivity index (χ4v) is 2.04. The minimum Gasteiger partial charge on any atom is -0.319 e. The summed E-state index contributed by atoms with van der Waals surface area (Å²) >= 11 is 5.68. The maximum Gasteiger partial charge on any atom is 0.142 e. The number of benzene rings is 1. The molecule has 0 fully saturated rings. The first-order chi connectivity index (χ1) is 8.49. The van der Waals surface area contributed by atoms with Crippen LogP contribution < -0.4 is 5.43 Å². The second kappa shape index (κ2) is 5.02. The Balaban J connectivity index is 2.22. The number of rotatable bonds is 3. The zero-order valence-electron chi connectivity index (χ0n) is 10.7. The van der Waals surface area contributed by atoms with Gasteiger partial charge in [-0.3, -0.25) is 4.68 Å². The van der Waals surface area contributed by atoms with Crippen LogP contribution in [0.1, 0.15) is 29.9 Å². The van der Waals surface area contributed by atoms with Crippen molar-refractivity contribution >= 4 is 11.6 Å². The molecule has 1 unspecified atom stereocenters. The van der Waals surface area contributed by atoms with Gasteiger partial charge >= 0.3 is 0 Å². The van der Waals surface area contributed by atoms with E-state index in [-0.39, 0.29) is 16.9 Å². The largest absolute Gasteiger partial charge is 0.319 e. The van der Waals surface area contributed by atoms with E-state index in [1.165, 1.54) is 6.07 Å². The molecule has 1 heterocycles. The quantitative estimate of drug-likeness (QED) is 0.881. The van der Waals surface area contributed by atoms with Crippen molar-refractivity contribution in [3.8, 4) is 0 Å². The van der Waals surface area contributed by atoms with Crippen LogP contribution in [0.2, 0.25) is 5.02 Å². The van der Waals surface area contributed by atoms with Gasteiger partial charge in [-0.25, -0.2) is 4.39 Å². The Bertz CT molecular complexity index is 543. The van der Waals surface area contributed by atoms with E-state index in [4.69, 9.17) is 11.6 Å². The molecule has 0 aliphatic rings. The number of hydrogen-bond acceptors (Lipinski definition) is 1. The van der Waals surface area contributed by atoms with Crippen LogP contribution in [-0.2, 0) is 0 Å². The van der Waals surface area contributed by atoms with E-state index in [0.717, 1.165) is 17.0 Å². The van der Waals surface area contributed by atoms with E-state index in [9.17, 15) is 4.39 Å². The molecule has 18 heavy (non-hydrogen) atoms. The number of aryl methyl sites for hydroxylation is 2. The summed E-state index contributed by atoms with van der Waals surface area (Å²) in [5.41, 5.74) is 6.43. The molecule has 0 saturated carbocycles. The van der Waals surface area contributed by atoms with Gasteiger partial charge in [0.05, 0.1) is 11.1 Å². The molecule has 0 radical (unpaired) electrons. The van der Waals surface area contributed by atoms with Gasteiger partial charge < -0.3 is 5.43 Å². The topological polar surface area (TPSA) is 17.0 Å². The number of aromatic nitrogens is 1. The lowest BCUT2D eigenvalue weighted by Gasteiger charge is -2.20. The van der Waals surface area contributed by atoms with Crippen molar-refractivity contribution in [2.24, 2.45) is 0 Å². The van der Waals surface area contributed by atoms with E-state index >= 15 is 0 Å². The molecule has 0 spiro atoms. The molecule has 1 N–H and O–H groups in total. The van der Waals surface area contributed by atoms with E-state index in [1.807, 2.05) is 43.6 Å². The van der Waals surface area contributed by atoms with Gasteiger partial charge in [-0.1, -0.05) is 17.7 Å². The summed E-state index contributed by atoms with van der Waals surface area (Å²) in [4.78, 5) is 0. The maximum absolute atomic E-state index is 13.4. The molecule has 1 aromatic carbocycles.